The van der Waals surface area contributed by atoms with Crippen molar-refractivity contribution >= 4 is 16.9 Å². The zero-order chi connectivity index (χ0) is 17.1. The second-order valence-corrected chi connectivity index (χ2v) is 5.57. The van der Waals surface area contributed by atoms with Gasteiger partial charge in [0.05, 0.1) is 30.6 Å². The lowest BCUT2D eigenvalue weighted by Crippen LogP contribution is -2.15. The lowest BCUT2D eigenvalue weighted by Gasteiger charge is -2.19. The average Bonchev–Trinajstić information content (AvgIpc) is 3.08. The van der Waals surface area contributed by atoms with E-state index in [4.69, 9.17) is 14.7 Å². The van der Waals surface area contributed by atoms with Gasteiger partial charge in [-0.05, 0) is 17.7 Å². The molecule has 1 aromatic carbocycles. The van der Waals surface area contributed by atoms with Gasteiger partial charge in [0.25, 0.3) is 0 Å². The first-order valence-corrected chi connectivity index (χ1v) is 8.01. The number of aromatic nitrogens is 4. The summed E-state index contributed by atoms with van der Waals surface area (Å²) in [7, 11) is 0. The highest BCUT2D eigenvalue weighted by Crippen LogP contribution is 2.31. The van der Waals surface area contributed by atoms with Crippen LogP contribution in [0, 0.1) is 11.3 Å². The van der Waals surface area contributed by atoms with Gasteiger partial charge in [-0.2, -0.15) is 10.4 Å². The Balaban J connectivity index is 1.53. The van der Waals surface area contributed by atoms with Crippen LogP contribution in [0.5, 0.6) is 11.5 Å². The van der Waals surface area contributed by atoms with Gasteiger partial charge in [0.15, 0.2) is 17.1 Å². The van der Waals surface area contributed by atoms with Crippen molar-refractivity contribution in [3.05, 3.63) is 36.3 Å². The minimum Gasteiger partial charge on any atom is -0.486 e. The van der Waals surface area contributed by atoms with Crippen molar-refractivity contribution in [1.82, 2.24) is 19.7 Å². The molecule has 0 radical (unpaired) electrons. The van der Waals surface area contributed by atoms with Gasteiger partial charge in [0.2, 0.25) is 0 Å². The lowest BCUT2D eigenvalue weighted by molar-refractivity contribution is 0.171. The maximum Gasteiger partial charge on any atom is 0.163 e. The van der Waals surface area contributed by atoms with Crippen molar-refractivity contribution in [2.75, 3.05) is 18.5 Å². The highest BCUT2D eigenvalue weighted by molar-refractivity contribution is 5.86. The van der Waals surface area contributed by atoms with E-state index in [2.05, 4.69) is 26.5 Å². The molecule has 1 N–H and O–H groups in total. The van der Waals surface area contributed by atoms with E-state index in [1.165, 1.54) is 6.33 Å². The first-order chi connectivity index (χ1) is 12.3. The predicted molar refractivity (Wildman–Crippen MR) is 90.3 cm³/mol. The summed E-state index contributed by atoms with van der Waals surface area (Å²) in [6.07, 6.45) is 3.61. The average molecular weight is 336 g/mol. The van der Waals surface area contributed by atoms with Crippen molar-refractivity contribution in [3.63, 3.8) is 0 Å². The molecule has 0 amide bonds. The fourth-order valence-corrected chi connectivity index (χ4v) is 2.74. The minimum absolute atomic E-state index is 0.390. The number of rotatable bonds is 5. The van der Waals surface area contributed by atoms with Crippen molar-refractivity contribution in [2.24, 2.45) is 0 Å². The summed E-state index contributed by atoms with van der Waals surface area (Å²) >= 11 is 0. The minimum atomic E-state index is 0.390. The molecule has 0 unspecified atom stereocenters. The quantitative estimate of drug-likeness (QED) is 0.762. The summed E-state index contributed by atoms with van der Waals surface area (Å²) in [5.74, 6) is 2.25. The van der Waals surface area contributed by atoms with E-state index in [0.717, 1.165) is 28.1 Å². The fourth-order valence-electron chi connectivity index (χ4n) is 2.74. The van der Waals surface area contributed by atoms with Crippen molar-refractivity contribution < 1.29 is 9.47 Å². The predicted octanol–water partition coefficient (Wildman–Crippen LogP) is 2.12. The van der Waals surface area contributed by atoms with Crippen LogP contribution in [0.2, 0.25) is 0 Å². The Hall–Kier alpha value is -3.34. The van der Waals surface area contributed by atoms with Crippen LogP contribution in [0.15, 0.2) is 30.7 Å². The molecular weight excluding hydrogens is 320 g/mol. The van der Waals surface area contributed by atoms with Gasteiger partial charge in [0.1, 0.15) is 25.4 Å². The number of nitriles is 1. The van der Waals surface area contributed by atoms with Crippen LogP contribution >= 0.6 is 0 Å². The standard InChI is InChI=1S/C17H16N6O2/c18-4-1-5-23-17-13(10-22-23)16(20-11-21-17)19-9-12-2-3-14-15(8-12)25-7-6-24-14/h2-3,8,10-11H,1,5-7,9H2,(H,19,20,21). The third-order valence-electron chi connectivity index (χ3n) is 3.94. The number of nitrogens with zero attached hydrogens (tertiary/aromatic N) is 5. The number of anilines is 1. The molecule has 0 bridgehead atoms. The molecular formula is C17H16N6O2. The second-order valence-electron chi connectivity index (χ2n) is 5.57. The van der Waals surface area contributed by atoms with Crippen molar-refractivity contribution in [1.29, 1.82) is 5.26 Å². The Bertz CT molecular complexity index is 946. The number of hydrogen-bond acceptors (Lipinski definition) is 7. The highest BCUT2D eigenvalue weighted by atomic mass is 16.6. The smallest absolute Gasteiger partial charge is 0.163 e. The van der Waals surface area contributed by atoms with Crippen molar-refractivity contribution in [3.8, 4) is 17.6 Å². The van der Waals surface area contributed by atoms with E-state index in [-0.39, 0.29) is 0 Å². The third-order valence-corrected chi connectivity index (χ3v) is 3.94. The van der Waals surface area contributed by atoms with E-state index in [1.807, 2.05) is 18.2 Å². The van der Waals surface area contributed by atoms with Crippen LogP contribution in [0.4, 0.5) is 5.82 Å². The number of aryl methyl sites for hydroxylation is 1. The van der Waals surface area contributed by atoms with Gasteiger partial charge in [-0.15, -0.1) is 0 Å². The summed E-state index contributed by atoms with van der Waals surface area (Å²) < 4.78 is 12.9. The summed E-state index contributed by atoms with van der Waals surface area (Å²) in [6, 6.07) is 8.00. The molecule has 8 heteroatoms. The van der Waals surface area contributed by atoms with Crippen LogP contribution in [0.1, 0.15) is 12.0 Å². The molecule has 1 aliphatic rings. The van der Waals surface area contributed by atoms with Crippen LogP contribution < -0.4 is 14.8 Å². The molecule has 126 valence electrons. The number of hydrogen-bond donors (Lipinski definition) is 1. The lowest BCUT2D eigenvalue weighted by atomic mass is 10.2. The van der Waals surface area contributed by atoms with Crippen LogP contribution in [0.3, 0.4) is 0 Å². The van der Waals surface area contributed by atoms with Crippen LogP contribution in [-0.4, -0.2) is 33.0 Å². The molecule has 0 spiro atoms. The van der Waals surface area contributed by atoms with E-state index >= 15 is 0 Å². The van der Waals surface area contributed by atoms with Gasteiger partial charge < -0.3 is 14.8 Å². The number of fused-ring (bicyclic) bond motifs is 2. The zero-order valence-corrected chi connectivity index (χ0v) is 13.5. The molecule has 0 fully saturated rings. The molecule has 8 nitrogen and oxygen atoms in total. The van der Waals surface area contributed by atoms with Crippen molar-refractivity contribution in [2.45, 2.75) is 19.5 Å². The first kappa shape index (κ1) is 15.2. The molecule has 0 aliphatic carbocycles. The first-order valence-electron chi connectivity index (χ1n) is 8.01. The maximum atomic E-state index is 8.73. The molecule has 0 saturated heterocycles. The van der Waals surface area contributed by atoms with Crippen LogP contribution in [-0.2, 0) is 13.1 Å². The van der Waals surface area contributed by atoms with Gasteiger partial charge in [0, 0.05) is 6.54 Å². The maximum absolute atomic E-state index is 8.73. The second kappa shape index (κ2) is 6.65. The molecule has 4 rings (SSSR count). The molecule has 2 aromatic heterocycles. The molecule has 3 aromatic rings. The number of benzene rings is 1. The summed E-state index contributed by atoms with van der Waals surface area (Å²) in [6.45, 7) is 2.25. The molecule has 1 aliphatic heterocycles. The Morgan fingerprint density at radius 2 is 2.08 bits per heavy atom. The normalized spacial score (nSPS) is 12.8. The van der Waals surface area contributed by atoms with E-state index in [9.17, 15) is 0 Å². The van der Waals surface area contributed by atoms with E-state index < -0.39 is 0 Å². The van der Waals surface area contributed by atoms with Crippen LogP contribution in [0.25, 0.3) is 11.0 Å². The monoisotopic (exact) mass is 336 g/mol. The topological polar surface area (TPSA) is 97.9 Å². The molecule has 3 heterocycles. The summed E-state index contributed by atoms with van der Waals surface area (Å²) in [5.41, 5.74) is 1.78. The Kier molecular flexibility index (Phi) is 4.04. The van der Waals surface area contributed by atoms with Gasteiger partial charge in [-0.3, -0.25) is 0 Å². The summed E-state index contributed by atoms with van der Waals surface area (Å²) in [5, 5.41) is 17.2. The largest absolute Gasteiger partial charge is 0.486 e. The van der Waals surface area contributed by atoms with Gasteiger partial charge in [-0.25, -0.2) is 14.6 Å². The third kappa shape index (κ3) is 3.04. The van der Waals surface area contributed by atoms with E-state index in [0.29, 0.717) is 38.5 Å². The van der Waals surface area contributed by atoms with Gasteiger partial charge in [-0.1, -0.05) is 6.07 Å². The highest BCUT2D eigenvalue weighted by Gasteiger charge is 2.13. The van der Waals surface area contributed by atoms with Gasteiger partial charge >= 0.3 is 0 Å². The van der Waals surface area contributed by atoms with E-state index in [1.54, 1.807) is 10.9 Å². The molecule has 0 saturated carbocycles. The molecule has 25 heavy (non-hydrogen) atoms. The fraction of sp³-hybridized carbons (Fsp3) is 0.294. The molecule has 0 atom stereocenters. The SMILES string of the molecule is N#CCCn1ncc2c(NCc3ccc4c(c3)OCCO4)ncnc21. The zero-order valence-electron chi connectivity index (χ0n) is 13.5. The summed E-state index contributed by atoms with van der Waals surface area (Å²) in [4.78, 5) is 8.58. The Morgan fingerprint density at radius 3 is 2.96 bits per heavy atom. The Morgan fingerprint density at radius 1 is 1.20 bits per heavy atom. The number of nitrogens with one attached hydrogen (secondary N) is 1. The number of ether oxygens (including phenoxy) is 2. The Labute approximate surface area is 144 Å².